The number of carbonyl (C=O) groups is 1. The monoisotopic (exact) mass is 452 g/mol. The van der Waals surface area contributed by atoms with E-state index in [1.807, 2.05) is 23.1 Å². The van der Waals surface area contributed by atoms with Crippen LogP contribution in [-0.2, 0) is 6.42 Å². The van der Waals surface area contributed by atoms with Gasteiger partial charge in [0.15, 0.2) is 0 Å². The highest BCUT2D eigenvalue weighted by molar-refractivity contribution is 6.06. The second-order valence-corrected chi connectivity index (χ2v) is 8.29. The molecule has 2 aliphatic rings. The molecule has 0 unspecified atom stereocenters. The van der Waals surface area contributed by atoms with Crippen molar-refractivity contribution in [3.8, 4) is 5.75 Å². The van der Waals surface area contributed by atoms with Gasteiger partial charge in [-0.1, -0.05) is 30.3 Å². The van der Waals surface area contributed by atoms with Crippen molar-refractivity contribution in [2.24, 2.45) is 0 Å². The third-order valence-corrected chi connectivity index (χ3v) is 6.41. The lowest BCUT2D eigenvalue weighted by atomic mass is 10.0. The average Bonchev–Trinajstić information content (AvgIpc) is 3.24. The Labute approximate surface area is 195 Å². The van der Waals surface area contributed by atoms with Crippen molar-refractivity contribution >= 4 is 46.3 Å². The highest BCUT2D eigenvalue weighted by Crippen LogP contribution is 2.36. The maximum absolute atomic E-state index is 13.2. The van der Waals surface area contributed by atoms with Gasteiger partial charge < -0.3 is 19.9 Å². The maximum Gasteiger partial charge on any atom is 0.326 e. The van der Waals surface area contributed by atoms with E-state index in [1.54, 1.807) is 7.11 Å². The molecule has 0 spiro atoms. The summed E-state index contributed by atoms with van der Waals surface area (Å²) in [5, 5.41) is 5.56. The molecule has 3 aromatic carbocycles. The Kier molecular flexibility index (Phi) is 6.44. The van der Waals surface area contributed by atoms with Crippen molar-refractivity contribution in [3.05, 3.63) is 60.2 Å². The first-order valence-corrected chi connectivity index (χ1v) is 10.8. The number of piperazine rings is 1. The number of carbonyl (C=O) groups excluding carboxylic acids is 1. The van der Waals surface area contributed by atoms with Gasteiger partial charge in [-0.15, -0.1) is 12.4 Å². The van der Waals surface area contributed by atoms with E-state index < -0.39 is 0 Å². The van der Waals surface area contributed by atoms with Gasteiger partial charge in [-0.25, -0.2) is 4.79 Å². The molecule has 0 aliphatic carbocycles. The van der Waals surface area contributed by atoms with Gasteiger partial charge in [0, 0.05) is 44.1 Å². The number of fused-ring (bicyclic) bond motifs is 3. The molecule has 1 fully saturated rings. The van der Waals surface area contributed by atoms with E-state index >= 15 is 0 Å². The first-order chi connectivity index (χ1) is 15.1. The minimum absolute atomic E-state index is 0. The average molecular weight is 453 g/mol. The molecule has 1 N–H and O–H groups in total. The number of benzene rings is 3. The van der Waals surface area contributed by atoms with Gasteiger partial charge in [-0.2, -0.15) is 0 Å². The predicted octanol–water partition coefficient (Wildman–Crippen LogP) is 4.62. The number of hydrogen-bond donors (Lipinski definition) is 1. The van der Waals surface area contributed by atoms with Crippen LogP contribution in [0.1, 0.15) is 5.56 Å². The number of nitrogens with zero attached hydrogens (tertiary/aromatic N) is 3. The molecule has 2 heterocycles. The molecular weight excluding hydrogens is 424 g/mol. The number of amides is 2. The molecule has 168 valence electrons. The van der Waals surface area contributed by atoms with Crippen molar-refractivity contribution in [2.75, 3.05) is 62.0 Å². The molecule has 5 rings (SSSR count). The summed E-state index contributed by atoms with van der Waals surface area (Å²) in [4.78, 5) is 19.7. The molecule has 2 aliphatic heterocycles. The first-order valence-electron chi connectivity index (χ1n) is 10.8. The van der Waals surface area contributed by atoms with Gasteiger partial charge in [0.05, 0.1) is 12.8 Å². The summed E-state index contributed by atoms with van der Waals surface area (Å²) in [7, 11) is 3.83. The fourth-order valence-electron chi connectivity index (χ4n) is 4.65. The molecule has 2 amide bonds. The molecule has 0 atom stereocenters. The number of urea groups is 1. The van der Waals surface area contributed by atoms with E-state index in [0.717, 1.165) is 55.4 Å². The molecule has 32 heavy (non-hydrogen) atoms. The molecule has 0 aromatic heterocycles. The molecule has 3 aromatic rings. The molecule has 6 nitrogen and oxygen atoms in total. The van der Waals surface area contributed by atoms with Crippen LogP contribution in [0.2, 0.25) is 0 Å². The summed E-state index contributed by atoms with van der Waals surface area (Å²) >= 11 is 0. The van der Waals surface area contributed by atoms with E-state index in [9.17, 15) is 4.79 Å². The van der Waals surface area contributed by atoms with E-state index in [4.69, 9.17) is 4.74 Å². The number of methoxy groups -OCH3 is 1. The summed E-state index contributed by atoms with van der Waals surface area (Å²) in [6, 6.07) is 18.3. The number of hydrogen-bond acceptors (Lipinski definition) is 4. The van der Waals surface area contributed by atoms with Crippen LogP contribution in [0.3, 0.4) is 0 Å². The number of likely N-dealkylation sites (N-methyl/N-ethyl adjacent to an activating group) is 1. The highest BCUT2D eigenvalue weighted by atomic mass is 35.5. The topological polar surface area (TPSA) is 48.1 Å². The quantitative estimate of drug-likeness (QED) is 0.630. The Balaban J connectivity index is 0.00000245. The summed E-state index contributed by atoms with van der Waals surface area (Å²) in [5.41, 5.74) is 4.07. The smallest absolute Gasteiger partial charge is 0.326 e. The standard InChI is InChI=1S/C25H28N4O2.ClH/c1-27-13-15-28(16-14-27)23-17-19(8-10-24(23)31-2)26-25(30)29-12-11-21-20-6-4-3-5-18(20)7-9-22(21)29;/h3-10,17H,11-16H2,1-2H3,(H,26,30);1H. The van der Waals surface area contributed by atoms with Crippen LogP contribution in [0.15, 0.2) is 54.6 Å². The number of nitrogens with one attached hydrogen (secondary N) is 1. The molecule has 7 heteroatoms. The fourth-order valence-corrected chi connectivity index (χ4v) is 4.65. The lowest BCUT2D eigenvalue weighted by Gasteiger charge is -2.35. The van der Waals surface area contributed by atoms with Crippen molar-refractivity contribution in [1.29, 1.82) is 0 Å². The Morgan fingerprint density at radius 3 is 2.50 bits per heavy atom. The van der Waals surface area contributed by atoms with E-state index in [2.05, 4.69) is 58.6 Å². The second kappa shape index (κ2) is 9.27. The molecule has 0 saturated carbocycles. The maximum atomic E-state index is 13.2. The normalized spacial score (nSPS) is 15.9. The van der Waals surface area contributed by atoms with Crippen molar-refractivity contribution in [1.82, 2.24) is 4.90 Å². The molecule has 0 radical (unpaired) electrons. The van der Waals surface area contributed by atoms with Crippen LogP contribution in [0, 0.1) is 0 Å². The van der Waals surface area contributed by atoms with Crippen LogP contribution in [-0.4, -0.2) is 57.8 Å². The van der Waals surface area contributed by atoms with Gasteiger partial charge >= 0.3 is 6.03 Å². The third kappa shape index (κ3) is 4.08. The minimum Gasteiger partial charge on any atom is -0.495 e. The van der Waals surface area contributed by atoms with Gasteiger partial charge in [0.1, 0.15) is 5.75 Å². The van der Waals surface area contributed by atoms with E-state index in [1.165, 1.54) is 16.3 Å². The second-order valence-electron chi connectivity index (χ2n) is 8.29. The molecular formula is C25H29ClN4O2. The zero-order valence-corrected chi connectivity index (χ0v) is 19.3. The Bertz CT molecular complexity index is 1130. The third-order valence-electron chi connectivity index (χ3n) is 6.41. The van der Waals surface area contributed by atoms with Gasteiger partial charge in [-0.3, -0.25) is 4.90 Å². The summed E-state index contributed by atoms with van der Waals surface area (Å²) < 4.78 is 5.59. The van der Waals surface area contributed by atoms with Gasteiger partial charge in [-0.05, 0) is 54.1 Å². The number of anilines is 3. The van der Waals surface area contributed by atoms with Gasteiger partial charge in [0.25, 0.3) is 0 Å². The summed E-state index contributed by atoms with van der Waals surface area (Å²) in [5.74, 6) is 0.834. The number of rotatable bonds is 3. The van der Waals surface area contributed by atoms with Crippen molar-refractivity contribution < 1.29 is 9.53 Å². The lowest BCUT2D eigenvalue weighted by molar-refractivity contribution is 0.257. The summed E-state index contributed by atoms with van der Waals surface area (Å²) in [6.07, 6.45) is 0.874. The molecule has 1 saturated heterocycles. The lowest BCUT2D eigenvalue weighted by Crippen LogP contribution is -2.44. The number of ether oxygens (including phenoxy) is 1. The predicted molar refractivity (Wildman–Crippen MR) is 134 cm³/mol. The van der Waals surface area contributed by atoms with E-state index in [-0.39, 0.29) is 18.4 Å². The first kappa shape index (κ1) is 22.2. The summed E-state index contributed by atoms with van der Waals surface area (Å²) in [6.45, 7) is 4.60. The van der Waals surface area contributed by atoms with Crippen LogP contribution >= 0.6 is 12.4 Å². The number of halogens is 1. The Morgan fingerprint density at radius 1 is 0.938 bits per heavy atom. The van der Waals surface area contributed by atoms with Crippen LogP contribution in [0.25, 0.3) is 10.8 Å². The van der Waals surface area contributed by atoms with Crippen molar-refractivity contribution in [2.45, 2.75) is 6.42 Å². The fraction of sp³-hybridized carbons (Fsp3) is 0.320. The van der Waals surface area contributed by atoms with Gasteiger partial charge in [0.2, 0.25) is 0 Å². The minimum atomic E-state index is -0.0940. The Morgan fingerprint density at radius 2 is 1.72 bits per heavy atom. The van der Waals surface area contributed by atoms with Crippen LogP contribution in [0.4, 0.5) is 21.9 Å². The zero-order chi connectivity index (χ0) is 21.4. The Hall–Kier alpha value is -2.96. The highest BCUT2D eigenvalue weighted by Gasteiger charge is 2.26. The zero-order valence-electron chi connectivity index (χ0n) is 18.5. The van der Waals surface area contributed by atoms with Crippen LogP contribution < -0.4 is 19.9 Å². The van der Waals surface area contributed by atoms with Crippen molar-refractivity contribution in [3.63, 3.8) is 0 Å². The largest absolute Gasteiger partial charge is 0.495 e. The molecule has 0 bridgehead atoms. The van der Waals surface area contributed by atoms with Crippen LogP contribution in [0.5, 0.6) is 5.75 Å². The SMILES string of the molecule is COc1ccc(NC(=O)N2CCc3c2ccc2ccccc32)cc1N1CCN(C)CC1.Cl. The van der Waals surface area contributed by atoms with E-state index in [0.29, 0.717) is 6.54 Å².